The zero-order valence-electron chi connectivity index (χ0n) is 8.21. The third-order valence-corrected chi connectivity index (χ3v) is 2.52. The van der Waals surface area contributed by atoms with Gasteiger partial charge in [0.05, 0.1) is 0 Å². The van der Waals surface area contributed by atoms with Crippen molar-refractivity contribution in [1.29, 1.82) is 0 Å². The minimum atomic E-state index is -1.08. The van der Waals surface area contributed by atoms with Gasteiger partial charge < -0.3 is 5.32 Å². The summed E-state index contributed by atoms with van der Waals surface area (Å²) in [6, 6.07) is 0.222. The van der Waals surface area contributed by atoms with E-state index in [0.29, 0.717) is 0 Å². The van der Waals surface area contributed by atoms with Crippen LogP contribution in [-0.4, -0.2) is 21.0 Å². The molecule has 0 aromatic carbocycles. The molecule has 0 radical (unpaired) electrons. The molecule has 0 spiro atoms. The van der Waals surface area contributed by atoms with Gasteiger partial charge in [-0.15, -0.1) is 0 Å². The lowest BCUT2D eigenvalue weighted by molar-refractivity contribution is 0.441. The number of rotatable bonds is 2. The van der Waals surface area contributed by atoms with Crippen LogP contribution in [0.4, 0.5) is 14.7 Å². The summed E-state index contributed by atoms with van der Waals surface area (Å²) in [5, 5.41) is 2.92. The average Bonchev–Trinajstić information content (AvgIpc) is 2.17. The highest BCUT2D eigenvalue weighted by atomic mass is 19.1. The lowest BCUT2D eigenvalue weighted by Gasteiger charge is -2.22. The van der Waals surface area contributed by atoms with Crippen LogP contribution in [-0.2, 0) is 0 Å². The first-order valence-electron chi connectivity index (χ1n) is 5.07. The molecule has 1 aliphatic carbocycles. The van der Waals surface area contributed by atoms with Crippen molar-refractivity contribution < 1.29 is 8.78 Å². The summed E-state index contributed by atoms with van der Waals surface area (Å²) >= 11 is 0. The molecule has 1 saturated carbocycles. The van der Waals surface area contributed by atoms with E-state index in [-0.39, 0.29) is 12.0 Å². The van der Waals surface area contributed by atoms with E-state index in [1.54, 1.807) is 0 Å². The van der Waals surface area contributed by atoms with E-state index < -0.39 is 12.2 Å². The van der Waals surface area contributed by atoms with E-state index >= 15 is 0 Å². The molecule has 0 aliphatic heterocycles. The molecule has 0 unspecified atom stereocenters. The minimum Gasteiger partial charge on any atom is -0.351 e. The number of hydrogen-bond donors (Lipinski definition) is 1. The van der Waals surface area contributed by atoms with Gasteiger partial charge in [-0.05, 0) is 12.8 Å². The monoisotopic (exact) mass is 214 g/mol. The van der Waals surface area contributed by atoms with Crippen molar-refractivity contribution in [3.05, 3.63) is 12.2 Å². The fraction of sp³-hybridized carbons (Fsp3) is 0.667. The van der Waals surface area contributed by atoms with Gasteiger partial charge in [-0.3, -0.25) is 0 Å². The Kier molecular flexibility index (Phi) is 3.03. The molecule has 6 heteroatoms. The molecule has 1 aromatic heterocycles. The lowest BCUT2D eigenvalue weighted by Crippen LogP contribution is -2.24. The Morgan fingerprint density at radius 1 is 0.933 bits per heavy atom. The van der Waals surface area contributed by atoms with Crippen molar-refractivity contribution in [3.63, 3.8) is 0 Å². The van der Waals surface area contributed by atoms with Gasteiger partial charge in [-0.1, -0.05) is 19.3 Å². The Hall–Kier alpha value is -1.33. The van der Waals surface area contributed by atoms with Crippen LogP contribution in [0, 0.1) is 12.2 Å². The summed E-state index contributed by atoms with van der Waals surface area (Å²) in [4.78, 5) is 9.61. The Morgan fingerprint density at radius 3 is 2.13 bits per heavy atom. The second-order valence-corrected chi connectivity index (χ2v) is 3.68. The predicted molar refractivity (Wildman–Crippen MR) is 50.2 cm³/mol. The van der Waals surface area contributed by atoms with E-state index in [0.717, 1.165) is 25.7 Å². The summed E-state index contributed by atoms with van der Waals surface area (Å²) in [5.74, 6) is -0.00750. The van der Waals surface area contributed by atoms with Crippen molar-refractivity contribution in [3.8, 4) is 0 Å². The van der Waals surface area contributed by atoms with Crippen LogP contribution in [0.5, 0.6) is 0 Å². The summed E-state index contributed by atoms with van der Waals surface area (Å²) in [7, 11) is 0. The molecule has 1 heterocycles. The van der Waals surface area contributed by atoms with Crippen LogP contribution < -0.4 is 5.32 Å². The fourth-order valence-electron chi connectivity index (χ4n) is 1.82. The summed E-state index contributed by atoms with van der Waals surface area (Å²) in [6.07, 6.45) is 3.31. The van der Waals surface area contributed by atoms with Crippen LogP contribution in [0.15, 0.2) is 0 Å². The number of aromatic nitrogens is 3. The van der Waals surface area contributed by atoms with Gasteiger partial charge >= 0.3 is 12.2 Å². The molecule has 0 atom stereocenters. The smallest absolute Gasteiger partial charge is 0.315 e. The maximum absolute atomic E-state index is 12.6. The molecule has 2 rings (SSSR count). The van der Waals surface area contributed by atoms with Gasteiger partial charge in [0.1, 0.15) is 0 Å². The highest BCUT2D eigenvalue weighted by Gasteiger charge is 2.15. The fourth-order valence-corrected chi connectivity index (χ4v) is 1.82. The number of nitrogens with one attached hydrogen (secondary N) is 1. The van der Waals surface area contributed by atoms with E-state index in [1.807, 2.05) is 0 Å². The molecule has 0 bridgehead atoms. The minimum absolute atomic E-state index is 0.00750. The third-order valence-electron chi connectivity index (χ3n) is 2.52. The molecule has 0 saturated heterocycles. The van der Waals surface area contributed by atoms with Crippen LogP contribution in [0.3, 0.4) is 0 Å². The first kappa shape index (κ1) is 10.2. The SMILES string of the molecule is Fc1nc(F)nc(NC2CCCCC2)n1. The molecular formula is C9H12F2N4. The number of halogens is 2. The first-order chi connectivity index (χ1) is 7.24. The highest BCUT2D eigenvalue weighted by Crippen LogP contribution is 2.19. The van der Waals surface area contributed by atoms with Gasteiger partial charge in [-0.25, -0.2) is 0 Å². The Balaban J connectivity index is 2.02. The quantitative estimate of drug-likeness (QED) is 0.816. The van der Waals surface area contributed by atoms with Gasteiger partial charge in [0.25, 0.3) is 0 Å². The van der Waals surface area contributed by atoms with Crippen molar-refractivity contribution in [1.82, 2.24) is 15.0 Å². The zero-order valence-corrected chi connectivity index (χ0v) is 8.21. The Bertz CT molecular complexity index is 319. The number of nitrogens with zero attached hydrogens (tertiary/aromatic N) is 3. The second-order valence-electron chi connectivity index (χ2n) is 3.68. The lowest BCUT2D eigenvalue weighted by atomic mass is 9.96. The van der Waals surface area contributed by atoms with Crippen molar-refractivity contribution >= 4 is 5.95 Å². The maximum atomic E-state index is 12.6. The van der Waals surface area contributed by atoms with E-state index in [4.69, 9.17) is 0 Å². The van der Waals surface area contributed by atoms with Gasteiger partial charge in [0, 0.05) is 6.04 Å². The normalized spacial score (nSPS) is 17.7. The predicted octanol–water partition coefficient (Wildman–Crippen LogP) is 1.89. The molecule has 4 nitrogen and oxygen atoms in total. The first-order valence-corrected chi connectivity index (χ1v) is 5.07. The molecule has 1 aliphatic rings. The van der Waals surface area contributed by atoms with Gasteiger partial charge in [0.2, 0.25) is 5.95 Å². The van der Waals surface area contributed by atoms with Crippen molar-refractivity contribution in [2.45, 2.75) is 38.1 Å². The summed E-state index contributed by atoms with van der Waals surface area (Å²) in [6.45, 7) is 0. The standard InChI is InChI=1S/C9H12F2N4/c10-7-13-8(11)15-9(14-7)12-6-4-2-1-3-5-6/h6H,1-5H2,(H,12,13,14,15). The number of hydrogen-bond acceptors (Lipinski definition) is 4. The molecule has 1 fully saturated rings. The Labute approximate surface area is 86.2 Å². The zero-order chi connectivity index (χ0) is 10.7. The van der Waals surface area contributed by atoms with Crippen LogP contribution >= 0.6 is 0 Å². The van der Waals surface area contributed by atoms with Crippen LogP contribution in [0.1, 0.15) is 32.1 Å². The van der Waals surface area contributed by atoms with Crippen LogP contribution in [0.25, 0.3) is 0 Å². The Morgan fingerprint density at radius 2 is 1.53 bits per heavy atom. The van der Waals surface area contributed by atoms with E-state index in [9.17, 15) is 8.78 Å². The van der Waals surface area contributed by atoms with E-state index in [2.05, 4.69) is 20.3 Å². The maximum Gasteiger partial charge on any atom is 0.315 e. The highest BCUT2D eigenvalue weighted by molar-refractivity contribution is 5.23. The average molecular weight is 214 g/mol. The largest absolute Gasteiger partial charge is 0.351 e. The molecule has 0 amide bonds. The van der Waals surface area contributed by atoms with Crippen molar-refractivity contribution in [2.24, 2.45) is 0 Å². The van der Waals surface area contributed by atoms with E-state index in [1.165, 1.54) is 6.42 Å². The molecular weight excluding hydrogens is 202 g/mol. The summed E-state index contributed by atoms with van der Waals surface area (Å²) in [5.41, 5.74) is 0. The van der Waals surface area contributed by atoms with Crippen LogP contribution in [0.2, 0.25) is 0 Å². The summed E-state index contributed by atoms with van der Waals surface area (Å²) < 4.78 is 25.3. The second kappa shape index (κ2) is 4.46. The molecule has 1 N–H and O–H groups in total. The van der Waals surface area contributed by atoms with Gasteiger partial charge in [-0.2, -0.15) is 23.7 Å². The molecule has 1 aromatic rings. The number of anilines is 1. The van der Waals surface area contributed by atoms with Crippen molar-refractivity contribution in [2.75, 3.05) is 5.32 Å². The molecule has 15 heavy (non-hydrogen) atoms. The third kappa shape index (κ3) is 2.81. The molecule has 82 valence electrons. The topological polar surface area (TPSA) is 50.7 Å². The van der Waals surface area contributed by atoms with Gasteiger partial charge in [0.15, 0.2) is 0 Å².